The first-order valence-electron chi connectivity index (χ1n) is 9.40. The first-order valence-corrected chi connectivity index (χ1v) is 9.40. The van der Waals surface area contributed by atoms with Crippen molar-refractivity contribution in [1.29, 1.82) is 0 Å². The van der Waals surface area contributed by atoms with Gasteiger partial charge in [-0.3, -0.25) is 4.68 Å². The number of amides is 2. The van der Waals surface area contributed by atoms with Crippen molar-refractivity contribution < 1.29 is 9.53 Å². The van der Waals surface area contributed by atoms with Gasteiger partial charge in [0, 0.05) is 43.9 Å². The molecule has 0 spiro atoms. The van der Waals surface area contributed by atoms with E-state index in [2.05, 4.69) is 27.4 Å². The Labute approximate surface area is 160 Å². The molecule has 1 aliphatic heterocycles. The Morgan fingerprint density at radius 1 is 1.30 bits per heavy atom. The Morgan fingerprint density at radius 2 is 2.11 bits per heavy atom. The third-order valence-corrected chi connectivity index (χ3v) is 4.57. The molecule has 146 valence electrons. The minimum atomic E-state index is -0.0416. The summed E-state index contributed by atoms with van der Waals surface area (Å²) in [4.78, 5) is 16.6. The highest BCUT2D eigenvalue weighted by Gasteiger charge is 2.22. The van der Waals surface area contributed by atoms with Gasteiger partial charge in [0.25, 0.3) is 0 Å². The quantitative estimate of drug-likeness (QED) is 0.839. The van der Waals surface area contributed by atoms with Crippen LogP contribution in [-0.2, 0) is 17.8 Å². The van der Waals surface area contributed by atoms with Gasteiger partial charge in [0.15, 0.2) is 0 Å². The molecule has 0 bridgehead atoms. The van der Waals surface area contributed by atoms with E-state index in [4.69, 9.17) is 4.74 Å². The SMILES string of the molecule is CN(C)C[C@@H]1COCCN(C(=O)NCc2cnn(Cc3ccccc3)c2)C1. The number of rotatable bonds is 6. The summed E-state index contributed by atoms with van der Waals surface area (Å²) in [6.45, 7) is 4.75. The fourth-order valence-electron chi connectivity index (χ4n) is 3.34. The van der Waals surface area contributed by atoms with Crippen molar-refractivity contribution in [3.05, 3.63) is 53.9 Å². The van der Waals surface area contributed by atoms with Crippen LogP contribution >= 0.6 is 0 Å². The van der Waals surface area contributed by atoms with Crippen molar-refractivity contribution in [2.45, 2.75) is 13.1 Å². The maximum absolute atomic E-state index is 12.6. The van der Waals surface area contributed by atoms with Crippen molar-refractivity contribution in [2.24, 2.45) is 5.92 Å². The topological polar surface area (TPSA) is 62.6 Å². The maximum Gasteiger partial charge on any atom is 0.317 e. The molecule has 1 atom stereocenters. The van der Waals surface area contributed by atoms with Gasteiger partial charge in [0.05, 0.1) is 26.0 Å². The predicted octanol–water partition coefficient (Wildman–Crippen LogP) is 1.65. The highest BCUT2D eigenvalue weighted by atomic mass is 16.5. The highest BCUT2D eigenvalue weighted by molar-refractivity contribution is 5.74. The number of hydrogen-bond donors (Lipinski definition) is 1. The molecule has 0 aliphatic carbocycles. The van der Waals surface area contributed by atoms with Crippen LogP contribution in [0.15, 0.2) is 42.7 Å². The molecule has 1 aromatic heterocycles. The van der Waals surface area contributed by atoms with Crippen LogP contribution in [0, 0.1) is 5.92 Å². The largest absolute Gasteiger partial charge is 0.379 e. The fourth-order valence-corrected chi connectivity index (χ4v) is 3.34. The van der Waals surface area contributed by atoms with E-state index in [1.807, 2.05) is 54.3 Å². The Kier molecular flexibility index (Phi) is 6.84. The molecule has 0 saturated carbocycles. The number of nitrogens with one attached hydrogen (secondary N) is 1. The molecule has 1 fully saturated rings. The number of nitrogens with zero attached hydrogens (tertiary/aromatic N) is 4. The predicted molar refractivity (Wildman–Crippen MR) is 104 cm³/mol. The van der Waals surface area contributed by atoms with Crippen LogP contribution in [0.3, 0.4) is 0 Å². The minimum absolute atomic E-state index is 0.0416. The second-order valence-electron chi connectivity index (χ2n) is 7.34. The number of carbonyl (C=O) groups excluding carboxylic acids is 1. The normalized spacial score (nSPS) is 17.7. The average Bonchev–Trinajstić information content (AvgIpc) is 2.96. The van der Waals surface area contributed by atoms with Gasteiger partial charge in [-0.1, -0.05) is 30.3 Å². The van der Waals surface area contributed by atoms with Crippen molar-refractivity contribution in [3.8, 4) is 0 Å². The molecular weight excluding hydrogens is 342 g/mol. The second-order valence-corrected chi connectivity index (χ2v) is 7.34. The summed E-state index contributed by atoms with van der Waals surface area (Å²) >= 11 is 0. The van der Waals surface area contributed by atoms with E-state index in [0.717, 1.165) is 25.2 Å². The number of aromatic nitrogens is 2. The first kappa shape index (κ1) is 19.4. The Balaban J connectivity index is 1.49. The summed E-state index contributed by atoms with van der Waals surface area (Å²) in [5, 5.41) is 7.40. The van der Waals surface area contributed by atoms with Gasteiger partial charge in [-0.25, -0.2) is 4.79 Å². The fraction of sp³-hybridized carbons (Fsp3) is 0.500. The Hall–Kier alpha value is -2.38. The van der Waals surface area contributed by atoms with Gasteiger partial charge in [-0.2, -0.15) is 5.10 Å². The molecule has 0 radical (unpaired) electrons. The molecule has 7 nitrogen and oxygen atoms in total. The van der Waals surface area contributed by atoms with Crippen LogP contribution in [0.4, 0.5) is 4.79 Å². The van der Waals surface area contributed by atoms with E-state index in [-0.39, 0.29) is 6.03 Å². The molecule has 3 rings (SSSR count). The number of hydrogen-bond acceptors (Lipinski definition) is 4. The summed E-state index contributed by atoms with van der Waals surface area (Å²) in [6.07, 6.45) is 3.79. The van der Waals surface area contributed by atoms with Gasteiger partial charge in [-0.15, -0.1) is 0 Å². The molecule has 27 heavy (non-hydrogen) atoms. The molecule has 1 N–H and O–H groups in total. The van der Waals surface area contributed by atoms with Crippen LogP contribution in [0.2, 0.25) is 0 Å². The number of ether oxygens (including phenoxy) is 1. The van der Waals surface area contributed by atoms with Crippen LogP contribution in [0.1, 0.15) is 11.1 Å². The molecular formula is C20H29N5O2. The van der Waals surface area contributed by atoms with Crippen molar-refractivity contribution in [1.82, 2.24) is 24.9 Å². The molecule has 1 aliphatic rings. The summed E-state index contributed by atoms with van der Waals surface area (Å²) in [5.41, 5.74) is 2.20. The highest BCUT2D eigenvalue weighted by Crippen LogP contribution is 2.09. The third-order valence-electron chi connectivity index (χ3n) is 4.57. The number of urea groups is 1. The van der Waals surface area contributed by atoms with Crippen LogP contribution in [-0.4, -0.2) is 72.6 Å². The average molecular weight is 371 g/mol. The zero-order valence-electron chi connectivity index (χ0n) is 16.2. The van der Waals surface area contributed by atoms with Crippen LogP contribution < -0.4 is 5.32 Å². The second kappa shape index (κ2) is 9.53. The lowest BCUT2D eigenvalue weighted by atomic mass is 10.1. The molecule has 1 saturated heterocycles. The minimum Gasteiger partial charge on any atom is -0.379 e. The first-order chi connectivity index (χ1) is 13.1. The van der Waals surface area contributed by atoms with Gasteiger partial charge in [0.1, 0.15) is 0 Å². The van der Waals surface area contributed by atoms with E-state index >= 15 is 0 Å². The summed E-state index contributed by atoms with van der Waals surface area (Å²) in [7, 11) is 4.09. The summed E-state index contributed by atoms with van der Waals surface area (Å²) in [6, 6.07) is 10.2. The number of carbonyl (C=O) groups is 1. The number of benzene rings is 1. The zero-order chi connectivity index (χ0) is 19.1. The Bertz CT molecular complexity index is 716. The van der Waals surface area contributed by atoms with Crippen LogP contribution in [0.5, 0.6) is 0 Å². The van der Waals surface area contributed by atoms with E-state index < -0.39 is 0 Å². The van der Waals surface area contributed by atoms with Gasteiger partial charge < -0.3 is 19.9 Å². The van der Waals surface area contributed by atoms with Gasteiger partial charge >= 0.3 is 6.03 Å². The lowest BCUT2D eigenvalue weighted by Crippen LogP contribution is -2.44. The molecule has 2 amide bonds. The van der Waals surface area contributed by atoms with Crippen molar-refractivity contribution in [3.63, 3.8) is 0 Å². The lowest BCUT2D eigenvalue weighted by molar-refractivity contribution is 0.112. The van der Waals surface area contributed by atoms with Crippen molar-refractivity contribution in [2.75, 3.05) is 46.9 Å². The van der Waals surface area contributed by atoms with E-state index in [1.54, 1.807) is 0 Å². The third kappa shape index (κ3) is 6.08. The van der Waals surface area contributed by atoms with Gasteiger partial charge in [0.2, 0.25) is 0 Å². The lowest BCUT2D eigenvalue weighted by Gasteiger charge is -2.25. The molecule has 2 heterocycles. The molecule has 7 heteroatoms. The summed E-state index contributed by atoms with van der Waals surface area (Å²) in [5.74, 6) is 0.335. The molecule has 0 unspecified atom stereocenters. The van der Waals surface area contributed by atoms with E-state index in [9.17, 15) is 4.79 Å². The Morgan fingerprint density at radius 3 is 2.89 bits per heavy atom. The van der Waals surface area contributed by atoms with Crippen molar-refractivity contribution >= 4 is 6.03 Å². The monoisotopic (exact) mass is 371 g/mol. The van der Waals surface area contributed by atoms with Crippen LogP contribution in [0.25, 0.3) is 0 Å². The standard InChI is InChI=1S/C20H29N5O2/c1-23(2)12-19-13-24(8-9-27-16-19)20(26)21-10-18-11-22-25(15-18)14-17-6-4-3-5-7-17/h3-7,11,15,19H,8-10,12-14,16H2,1-2H3,(H,21,26)/t19-/m0/s1. The van der Waals surface area contributed by atoms with E-state index in [0.29, 0.717) is 32.2 Å². The van der Waals surface area contributed by atoms with E-state index in [1.165, 1.54) is 5.56 Å². The smallest absolute Gasteiger partial charge is 0.317 e. The zero-order valence-corrected chi connectivity index (χ0v) is 16.2. The maximum atomic E-state index is 12.6. The molecule has 2 aromatic rings. The van der Waals surface area contributed by atoms with Gasteiger partial charge in [-0.05, 0) is 19.7 Å². The summed E-state index contributed by atoms with van der Waals surface area (Å²) < 4.78 is 7.54. The molecule has 1 aromatic carbocycles.